The van der Waals surface area contributed by atoms with Crippen molar-refractivity contribution >= 4 is 11.7 Å². The van der Waals surface area contributed by atoms with Crippen LogP contribution in [0.5, 0.6) is 0 Å². The first-order valence-electron chi connectivity index (χ1n) is 6.61. The lowest BCUT2D eigenvalue weighted by molar-refractivity contribution is -0.138. The second kappa shape index (κ2) is 4.56. The third kappa shape index (κ3) is 2.05. The van der Waals surface area contributed by atoms with Gasteiger partial charge in [-0.2, -0.15) is 0 Å². The average Bonchev–Trinajstić information content (AvgIpc) is 2.82. The third-order valence-electron chi connectivity index (χ3n) is 4.03. The Kier molecular flexibility index (Phi) is 2.90. The van der Waals surface area contributed by atoms with E-state index in [0.29, 0.717) is 25.9 Å². The summed E-state index contributed by atoms with van der Waals surface area (Å²) in [5.74, 6) is 0.614. The molecule has 0 saturated carbocycles. The molecular formula is C15H17NO2. The molecule has 1 aromatic rings. The minimum atomic E-state index is 0.0932. The van der Waals surface area contributed by atoms with Crippen molar-refractivity contribution in [3.05, 3.63) is 35.4 Å². The van der Waals surface area contributed by atoms with Gasteiger partial charge in [-0.3, -0.25) is 9.59 Å². The lowest BCUT2D eigenvalue weighted by Crippen LogP contribution is -2.42. The number of rotatable bonds is 1. The van der Waals surface area contributed by atoms with Crippen molar-refractivity contribution in [2.45, 2.75) is 25.7 Å². The summed E-state index contributed by atoms with van der Waals surface area (Å²) in [5.41, 5.74) is 2.62. The minimum absolute atomic E-state index is 0.0932. The predicted octanol–water partition coefficient (Wildman–Crippen LogP) is 1.59. The van der Waals surface area contributed by atoms with E-state index in [1.165, 1.54) is 11.1 Å². The Hall–Kier alpha value is -1.64. The van der Waals surface area contributed by atoms with Crippen molar-refractivity contribution < 1.29 is 9.59 Å². The van der Waals surface area contributed by atoms with E-state index >= 15 is 0 Å². The Balaban J connectivity index is 1.67. The molecule has 1 saturated heterocycles. The zero-order valence-electron chi connectivity index (χ0n) is 10.4. The third-order valence-corrected chi connectivity index (χ3v) is 4.03. The normalized spacial score (nSPS) is 20.0. The van der Waals surface area contributed by atoms with Crippen LogP contribution in [0.4, 0.5) is 0 Å². The smallest absolute Gasteiger partial charge is 0.226 e. The van der Waals surface area contributed by atoms with Crippen molar-refractivity contribution in [2.24, 2.45) is 5.92 Å². The van der Waals surface area contributed by atoms with Gasteiger partial charge < -0.3 is 4.90 Å². The van der Waals surface area contributed by atoms with Gasteiger partial charge in [0.05, 0.1) is 0 Å². The fourth-order valence-corrected chi connectivity index (χ4v) is 2.97. The van der Waals surface area contributed by atoms with Gasteiger partial charge in [-0.15, -0.1) is 0 Å². The van der Waals surface area contributed by atoms with Gasteiger partial charge in [0, 0.05) is 31.8 Å². The van der Waals surface area contributed by atoms with Crippen LogP contribution in [0.15, 0.2) is 24.3 Å². The maximum Gasteiger partial charge on any atom is 0.226 e. The number of hydrogen-bond acceptors (Lipinski definition) is 2. The van der Waals surface area contributed by atoms with Crippen LogP contribution in [0.25, 0.3) is 0 Å². The van der Waals surface area contributed by atoms with Crippen LogP contribution < -0.4 is 0 Å². The van der Waals surface area contributed by atoms with E-state index in [1.807, 2.05) is 17.0 Å². The number of fused-ring (bicyclic) bond motifs is 1. The predicted molar refractivity (Wildman–Crippen MR) is 68.2 cm³/mol. The molecule has 94 valence electrons. The van der Waals surface area contributed by atoms with E-state index in [2.05, 4.69) is 12.1 Å². The SMILES string of the molecule is O=C1CCN(C(=O)C2Cc3ccccc3C2)CC1. The van der Waals surface area contributed by atoms with Gasteiger partial charge in [-0.1, -0.05) is 24.3 Å². The number of piperidine rings is 1. The molecule has 0 atom stereocenters. The van der Waals surface area contributed by atoms with Crippen LogP contribution >= 0.6 is 0 Å². The molecule has 3 rings (SSSR count). The highest BCUT2D eigenvalue weighted by Crippen LogP contribution is 2.28. The number of carbonyl (C=O) groups excluding carboxylic acids is 2. The summed E-state index contributed by atoms with van der Waals surface area (Å²) in [4.78, 5) is 25.5. The van der Waals surface area contributed by atoms with Gasteiger partial charge in [-0.05, 0) is 24.0 Å². The number of carbonyl (C=O) groups is 2. The molecule has 1 aliphatic carbocycles. The topological polar surface area (TPSA) is 37.4 Å². The molecule has 3 heteroatoms. The van der Waals surface area contributed by atoms with Crippen molar-refractivity contribution in [2.75, 3.05) is 13.1 Å². The van der Waals surface area contributed by atoms with E-state index in [0.717, 1.165) is 12.8 Å². The van der Waals surface area contributed by atoms with Gasteiger partial charge in [-0.25, -0.2) is 0 Å². The van der Waals surface area contributed by atoms with Crippen LogP contribution in [0.3, 0.4) is 0 Å². The zero-order valence-corrected chi connectivity index (χ0v) is 10.4. The van der Waals surface area contributed by atoms with Crippen LogP contribution in [0.2, 0.25) is 0 Å². The van der Waals surface area contributed by atoms with E-state index < -0.39 is 0 Å². The highest BCUT2D eigenvalue weighted by atomic mass is 16.2. The van der Waals surface area contributed by atoms with Crippen molar-refractivity contribution in [3.8, 4) is 0 Å². The molecular weight excluding hydrogens is 226 g/mol. The van der Waals surface area contributed by atoms with E-state index in [9.17, 15) is 9.59 Å². The van der Waals surface area contributed by atoms with Crippen LogP contribution in [0, 0.1) is 5.92 Å². The average molecular weight is 243 g/mol. The van der Waals surface area contributed by atoms with Gasteiger partial charge in [0.15, 0.2) is 0 Å². The van der Waals surface area contributed by atoms with Gasteiger partial charge in [0.25, 0.3) is 0 Å². The van der Waals surface area contributed by atoms with Gasteiger partial charge >= 0.3 is 0 Å². The Morgan fingerprint density at radius 2 is 1.61 bits per heavy atom. The van der Waals surface area contributed by atoms with Gasteiger partial charge in [0.1, 0.15) is 5.78 Å². The van der Waals surface area contributed by atoms with E-state index in [4.69, 9.17) is 0 Å². The second-order valence-electron chi connectivity index (χ2n) is 5.24. The highest BCUT2D eigenvalue weighted by Gasteiger charge is 2.31. The quantitative estimate of drug-likeness (QED) is 0.751. The molecule has 0 spiro atoms. The van der Waals surface area contributed by atoms with E-state index in [-0.39, 0.29) is 17.6 Å². The molecule has 0 bridgehead atoms. The molecule has 18 heavy (non-hydrogen) atoms. The molecule has 1 fully saturated rings. The summed E-state index contributed by atoms with van der Waals surface area (Å²) in [6.07, 6.45) is 2.79. The summed E-state index contributed by atoms with van der Waals surface area (Å²) in [7, 11) is 0. The largest absolute Gasteiger partial charge is 0.342 e. The zero-order chi connectivity index (χ0) is 12.5. The first-order valence-corrected chi connectivity index (χ1v) is 6.61. The molecule has 1 aliphatic heterocycles. The Bertz CT molecular complexity index is 460. The number of amides is 1. The molecule has 0 aromatic heterocycles. The monoisotopic (exact) mass is 243 g/mol. The number of benzene rings is 1. The summed E-state index contributed by atoms with van der Waals surface area (Å²) >= 11 is 0. The Morgan fingerprint density at radius 3 is 2.17 bits per heavy atom. The van der Waals surface area contributed by atoms with Crippen molar-refractivity contribution in [1.82, 2.24) is 4.90 Å². The number of likely N-dealkylation sites (tertiary alicyclic amines) is 1. The number of nitrogens with zero attached hydrogens (tertiary/aromatic N) is 1. The Morgan fingerprint density at radius 1 is 1.06 bits per heavy atom. The fourth-order valence-electron chi connectivity index (χ4n) is 2.97. The molecule has 0 N–H and O–H groups in total. The number of hydrogen-bond donors (Lipinski definition) is 0. The number of ketones is 1. The molecule has 1 aromatic carbocycles. The minimum Gasteiger partial charge on any atom is -0.342 e. The van der Waals surface area contributed by atoms with Crippen LogP contribution in [-0.4, -0.2) is 29.7 Å². The lowest BCUT2D eigenvalue weighted by Gasteiger charge is -2.28. The van der Waals surface area contributed by atoms with Crippen LogP contribution in [0.1, 0.15) is 24.0 Å². The summed E-state index contributed by atoms with van der Waals surface area (Å²) in [5, 5.41) is 0. The molecule has 1 amide bonds. The summed E-state index contributed by atoms with van der Waals surface area (Å²) < 4.78 is 0. The van der Waals surface area contributed by atoms with Gasteiger partial charge in [0.2, 0.25) is 5.91 Å². The second-order valence-corrected chi connectivity index (χ2v) is 5.24. The summed E-state index contributed by atoms with van der Waals surface area (Å²) in [6.45, 7) is 1.23. The molecule has 1 heterocycles. The highest BCUT2D eigenvalue weighted by molar-refractivity contribution is 5.85. The molecule has 3 nitrogen and oxygen atoms in total. The fraction of sp³-hybridized carbons (Fsp3) is 0.467. The maximum atomic E-state index is 12.4. The molecule has 2 aliphatic rings. The molecule has 0 radical (unpaired) electrons. The first-order chi connectivity index (χ1) is 8.74. The van der Waals surface area contributed by atoms with Crippen molar-refractivity contribution in [1.29, 1.82) is 0 Å². The maximum absolute atomic E-state index is 12.4. The summed E-state index contributed by atoms with van der Waals surface area (Å²) in [6, 6.07) is 8.29. The first kappa shape index (κ1) is 11.5. The molecule has 0 unspecified atom stereocenters. The standard InChI is InChI=1S/C15H17NO2/c17-14-5-7-16(8-6-14)15(18)13-9-11-3-1-2-4-12(11)10-13/h1-4,13H,5-10H2. The van der Waals surface area contributed by atoms with E-state index in [1.54, 1.807) is 0 Å². The number of Topliss-reactive ketones (excluding diaryl/α,β-unsaturated/α-hetero) is 1. The lowest BCUT2D eigenvalue weighted by atomic mass is 10.0. The van der Waals surface area contributed by atoms with Crippen molar-refractivity contribution in [3.63, 3.8) is 0 Å². The van der Waals surface area contributed by atoms with Crippen LogP contribution in [-0.2, 0) is 22.4 Å². The Labute approximate surface area is 107 Å².